The quantitative estimate of drug-likeness (QED) is 0.863. The highest BCUT2D eigenvalue weighted by Crippen LogP contribution is 2.31. The highest BCUT2D eigenvalue weighted by atomic mass is 16.5. The molecule has 2 aromatic rings. The van der Waals surface area contributed by atoms with Gasteiger partial charge in [-0.25, -0.2) is 0 Å². The number of nitrogens with zero attached hydrogens (tertiary/aromatic N) is 4. The molecule has 1 aromatic heterocycles. The van der Waals surface area contributed by atoms with Crippen LogP contribution in [0.25, 0.3) is 0 Å². The van der Waals surface area contributed by atoms with Gasteiger partial charge in [-0.3, -0.25) is 4.79 Å². The lowest BCUT2D eigenvalue weighted by atomic mass is 10.00. The number of amides is 1. The fraction of sp³-hybridized carbons (Fsp3) is 0.444. The second-order valence-corrected chi connectivity index (χ2v) is 6.35. The predicted molar refractivity (Wildman–Crippen MR) is 87.2 cm³/mol. The Kier molecular flexibility index (Phi) is 4.61. The number of nitriles is 1. The van der Waals surface area contributed by atoms with Gasteiger partial charge in [-0.1, -0.05) is 25.1 Å². The molecule has 1 amide bonds. The number of rotatable bonds is 3. The Bertz CT molecular complexity index is 775. The highest BCUT2D eigenvalue weighted by Gasteiger charge is 2.32. The Hall–Kier alpha value is -2.68. The minimum absolute atomic E-state index is 0.0962. The Morgan fingerprint density at radius 2 is 2.25 bits per heavy atom. The van der Waals surface area contributed by atoms with E-state index < -0.39 is 0 Å². The zero-order valence-corrected chi connectivity index (χ0v) is 13.9. The smallest absolute Gasteiger partial charge is 0.254 e. The van der Waals surface area contributed by atoms with Crippen LogP contribution in [0.15, 0.2) is 28.8 Å². The molecule has 0 radical (unpaired) electrons. The Labute approximate surface area is 141 Å². The van der Waals surface area contributed by atoms with Gasteiger partial charge in [0.2, 0.25) is 5.89 Å². The van der Waals surface area contributed by atoms with Crippen LogP contribution in [0.4, 0.5) is 0 Å². The molecule has 0 spiro atoms. The van der Waals surface area contributed by atoms with Crippen LogP contribution in [0.5, 0.6) is 0 Å². The summed E-state index contributed by atoms with van der Waals surface area (Å²) >= 11 is 0. The number of carbonyl (C=O) groups excluding carboxylic acids is 1. The van der Waals surface area contributed by atoms with Crippen LogP contribution in [0.3, 0.4) is 0 Å². The van der Waals surface area contributed by atoms with E-state index in [2.05, 4.69) is 16.2 Å². The summed E-state index contributed by atoms with van der Waals surface area (Å²) in [5.74, 6) is 1.25. The van der Waals surface area contributed by atoms with Crippen LogP contribution in [0.1, 0.15) is 72.7 Å². The van der Waals surface area contributed by atoms with Gasteiger partial charge in [-0.15, -0.1) is 0 Å². The monoisotopic (exact) mass is 324 g/mol. The van der Waals surface area contributed by atoms with Gasteiger partial charge in [-0.2, -0.15) is 10.2 Å². The average Bonchev–Trinajstić information content (AvgIpc) is 3.11. The van der Waals surface area contributed by atoms with Crippen molar-refractivity contribution in [1.29, 1.82) is 5.26 Å². The van der Waals surface area contributed by atoms with Crippen molar-refractivity contribution in [1.82, 2.24) is 15.0 Å². The van der Waals surface area contributed by atoms with Gasteiger partial charge in [0.15, 0.2) is 5.82 Å². The fourth-order valence-corrected chi connectivity index (χ4v) is 2.94. The third-order valence-corrected chi connectivity index (χ3v) is 4.26. The first-order valence-electron chi connectivity index (χ1n) is 8.24. The number of carbonyl (C=O) groups is 1. The number of hydrogen-bond acceptors (Lipinski definition) is 5. The lowest BCUT2D eigenvalue weighted by Gasteiger charge is -2.33. The first kappa shape index (κ1) is 16.2. The van der Waals surface area contributed by atoms with Crippen molar-refractivity contribution in [3.63, 3.8) is 0 Å². The van der Waals surface area contributed by atoms with E-state index in [1.165, 1.54) is 0 Å². The Morgan fingerprint density at radius 1 is 1.42 bits per heavy atom. The summed E-state index contributed by atoms with van der Waals surface area (Å²) in [5, 5.41) is 13.0. The average molecular weight is 324 g/mol. The minimum atomic E-state index is -0.197. The van der Waals surface area contributed by atoms with E-state index in [1.807, 2.05) is 13.8 Å². The molecule has 1 fully saturated rings. The zero-order chi connectivity index (χ0) is 17.1. The minimum Gasteiger partial charge on any atom is -0.337 e. The molecule has 1 aliphatic rings. The standard InChI is InChI=1S/C18H20N4O2/c1-12(2)16-20-17(24-21-16)15-8-3-4-9-22(15)18(23)14-7-5-6-13(10-14)11-19/h5-7,10,12,15H,3-4,8-9H2,1-2H3/t15-/m1/s1. The fourth-order valence-electron chi connectivity index (χ4n) is 2.94. The number of aromatic nitrogens is 2. The Morgan fingerprint density at radius 3 is 2.96 bits per heavy atom. The topological polar surface area (TPSA) is 83.0 Å². The predicted octanol–water partition coefficient (Wildman–Crippen LogP) is 3.43. The molecule has 1 aliphatic heterocycles. The van der Waals surface area contributed by atoms with E-state index in [1.54, 1.807) is 29.2 Å². The van der Waals surface area contributed by atoms with Crippen molar-refractivity contribution < 1.29 is 9.32 Å². The molecule has 6 heteroatoms. The number of hydrogen-bond donors (Lipinski definition) is 0. The molecule has 24 heavy (non-hydrogen) atoms. The molecule has 0 saturated carbocycles. The van der Waals surface area contributed by atoms with Crippen LogP contribution < -0.4 is 0 Å². The normalized spacial score (nSPS) is 17.8. The maximum absolute atomic E-state index is 12.9. The van der Waals surface area contributed by atoms with Gasteiger partial charge in [-0.05, 0) is 37.5 Å². The summed E-state index contributed by atoms with van der Waals surface area (Å²) in [7, 11) is 0. The second kappa shape index (κ2) is 6.83. The van der Waals surface area contributed by atoms with Crippen molar-refractivity contribution in [2.75, 3.05) is 6.54 Å². The molecule has 0 N–H and O–H groups in total. The summed E-state index contributed by atoms with van der Waals surface area (Å²) in [6.45, 7) is 4.66. The third kappa shape index (κ3) is 3.16. The van der Waals surface area contributed by atoms with E-state index >= 15 is 0 Å². The van der Waals surface area contributed by atoms with Gasteiger partial charge < -0.3 is 9.42 Å². The second-order valence-electron chi connectivity index (χ2n) is 6.35. The molecule has 1 atom stereocenters. The SMILES string of the molecule is CC(C)c1noc([C@H]2CCCCN2C(=O)c2cccc(C#N)c2)n1. The van der Waals surface area contributed by atoms with Gasteiger partial charge in [0.05, 0.1) is 11.6 Å². The van der Waals surface area contributed by atoms with E-state index in [9.17, 15) is 4.79 Å². The lowest BCUT2D eigenvalue weighted by Crippen LogP contribution is -2.38. The first-order chi connectivity index (χ1) is 11.6. The number of benzene rings is 1. The largest absolute Gasteiger partial charge is 0.337 e. The van der Waals surface area contributed by atoms with E-state index in [4.69, 9.17) is 9.78 Å². The third-order valence-electron chi connectivity index (χ3n) is 4.26. The van der Waals surface area contributed by atoms with E-state index in [0.29, 0.717) is 29.4 Å². The Balaban J connectivity index is 1.88. The number of likely N-dealkylation sites (tertiary alicyclic amines) is 1. The van der Waals surface area contributed by atoms with Crippen molar-refractivity contribution in [2.24, 2.45) is 0 Å². The van der Waals surface area contributed by atoms with Gasteiger partial charge in [0, 0.05) is 18.0 Å². The molecule has 1 aromatic carbocycles. The summed E-state index contributed by atoms with van der Waals surface area (Å²) in [6, 6.07) is 8.66. The maximum Gasteiger partial charge on any atom is 0.254 e. The van der Waals surface area contributed by atoms with Crippen molar-refractivity contribution in [3.05, 3.63) is 47.1 Å². The first-order valence-corrected chi connectivity index (χ1v) is 8.24. The maximum atomic E-state index is 12.9. The summed E-state index contributed by atoms with van der Waals surface area (Å²) in [5.41, 5.74) is 0.999. The van der Waals surface area contributed by atoms with Crippen molar-refractivity contribution >= 4 is 5.91 Å². The summed E-state index contributed by atoms with van der Waals surface area (Å²) in [6.07, 6.45) is 2.78. The molecular weight excluding hydrogens is 304 g/mol. The summed E-state index contributed by atoms with van der Waals surface area (Å²) < 4.78 is 5.42. The van der Waals surface area contributed by atoms with Crippen LogP contribution >= 0.6 is 0 Å². The molecule has 1 saturated heterocycles. The lowest BCUT2D eigenvalue weighted by molar-refractivity contribution is 0.0561. The van der Waals surface area contributed by atoms with Crippen molar-refractivity contribution in [3.8, 4) is 6.07 Å². The number of piperidine rings is 1. The molecule has 0 bridgehead atoms. The molecule has 3 rings (SSSR count). The van der Waals surface area contributed by atoms with Crippen LogP contribution in [-0.4, -0.2) is 27.5 Å². The molecule has 0 aliphatic carbocycles. The van der Waals surface area contributed by atoms with Crippen LogP contribution in [0, 0.1) is 11.3 Å². The summed E-state index contributed by atoms with van der Waals surface area (Å²) in [4.78, 5) is 19.2. The molecule has 6 nitrogen and oxygen atoms in total. The molecule has 2 heterocycles. The van der Waals surface area contributed by atoms with Gasteiger partial charge in [0.25, 0.3) is 5.91 Å². The molecule has 124 valence electrons. The van der Waals surface area contributed by atoms with E-state index in [0.717, 1.165) is 19.3 Å². The zero-order valence-electron chi connectivity index (χ0n) is 13.9. The van der Waals surface area contributed by atoms with E-state index in [-0.39, 0.29) is 17.9 Å². The van der Waals surface area contributed by atoms with Crippen LogP contribution in [-0.2, 0) is 0 Å². The van der Waals surface area contributed by atoms with Gasteiger partial charge in [0.1, 0.15) is 6.04 Å². The van der Waals surface area contributed by atoms with Crippen molar-refractivity contribution in [2.45, 2.75) is 45.1 Å². The molecule has 0 unspecified atom stereocenters. The molecular formula is C18H20N4O2. The van der Waals surface area contributed by atoms with Gasteiger partial charge >= 0.3 is 0 Å². The van der Waals surface area contributed by atoms with Crippen LogP contribution in [0.2, 0.25) is 0 Å². The highest BCUT2D eigenvalue weighted by molar-refractivity contribution is 5.94.